The van der Waals surface area contributed by atoms with E-state index in [1.54, 1.807) is 17.7 Å². The van der Waals surface area contributed by atoms with E-state index in [0.717, 1.165) is 29.2 Å². The van der Waals surface area contributed by atoms with Gasteiger partial charge in [0, 0.05) is 23.4 Å². The first-order valence-electron chi connectivity index (χ1n) is 9.28. The number of H-pyrrole nitrogens is 1. The van der Waals surface area contributed by atoms with Gasteiger partial charge in [0.1, 0.15) is 11.5 Å². The summed E-state index contributed by atoms with van der Waals surface area (Å²) in [7, 11) is 1.63. The van der Waals surface area contributed by atoms with Gasteiger partial charge in [0.25, 0.3) is 5.56 Å². The van der Waals surface area contributed by atoms with Crippen molar-refractivity contribution < 1.29 is 9.47 Å². The number of halogens is 1. The maximum Gasteiger partial charge on any atom is 0.266 e. The van der Waals surface area contributed by atoms with Gasteiger partial charge < -0.3 is 9.47 Å². The van der Waals surface area contributed by atoms with Gasteiger partial charge in [-0.25, -0.2) is 14.5 Å². The summed E-state index contributed by atoms with van der Waals surface area (Å²) in [5, 5.41) is 3.93. The van der Waals surface area contributed by atoms with Crippen molar-refractivity contribution in [2.24, 2.45) is 0 Å². The summed E-state index contributed by atoms with van der Waals surface area (Å²) >= 11 is 7.82. The van der Waals surface area contributed by atoms with Crippen molar-refractivity contribution >= 4 is 29.0 Å². The minimum absolute atomic E-state index is 0.233. The van der Waals surface area contributed by atoms with Crippen LogP contribution in [-0.2, 0) is 0 Å². The molecule has 1 N–H and O–H groups in total. The van der Waals surface area contributed by atoms with Gasteiger partial charge >= 0.3 is 0 Å². The summed E-state index contributed by atoms with van der Waals surface area (Å²) in [4.78, 5) is 20.9. The fraction of sp³-hybridized carbons (Fsp3) is 0.190. The lowest BCUT2D eigenvalue weighted by atomic mass is 10.2. The highest BCUT2D eigenvalue weighted by atomic mass is 35.5. The van der Waals surface area contributed by atoms with E-state index in [2.05, 4.69) is 15.1 Å². The number of benzene rings is 2. The van der Waals surface area contributed by atoms with Crippen LogP contribution in [0, 0.1) is 0 Å². The molecule has 154 valence electrons. The summed E-state index contributed by atoms with van der Waals surface area (Å²) in [5.74, 6) is 2.75. The second-order valence-electron chi connectivity index (χ2n) is 6.35. The smallest absolute Gasteiger partial charge is 0.266 e. The number of rotatable bonds is 8. The Morgan fingerprint density at radius 3 is 2.77 bits per heavy atom. The van der Waals surface area contributed by atoms with Crippen molar-refractivity contribution in [1.29, 1.82) is 0 Å². The lowest BCUT2D eigenvalue weighted by Crippen LogP contribution is -2.05. The summed E-state index contributed by atoms with van der Waals surface area (Å²) in [6, 6.07) is 16.3. The Kier molecular flexibility index (Phi) is 6.25. The Bertz CT molecular complexity index is 1220. The van der Waals surface area contributed by atoms with Crippen molar-refractivity contribution in [3.05, 3.63) is 70.0 Å². The van der Waals surface area contributed by atoms with Gasteiger partial charge in [-0.2, -0.15) is 0 Å². The Labute approximate surface area is 182 Å². The molecule has 0 unspecified atom stereocenters. The molecule has 2 heterocycles. The Morgan fingerprint density at radius 2 is 1.93 bits per heavy atom. The lowest BCUT2D eigenvalue weighted by Gasteiger charge is -2.09. The number of hydrogen-bond donors (Lipinski definition) is 1. The zero-order chi connectivity index (χ0) is 20.9. The van der Waals surface area contributed by atoms with Crippen molar-refractivity contribution in [2.45, 2.75) is 11.6 Å². The maximum atomic E-state index is 11.8. The fourth-order valence-electron chi connectivity index (χ4n) is 2.85. The number of ether oxygens (including phenoxy) is 2. The fourth-order valence-corrected chi connectivity index (χ4v) is 3.93. The first kappa shape index (κ1) is 20.3. The van der Waals surface area contributed by atoms with Crippen molar-refractivity contribution in [2.75, 3.05) is 19.5 Å². The first-order chi connectivity index (χ1) is 14.6. The number of nitrogens with zero attached hydrogens (tertiary/aromatic N) is 3. The highest BCUT2D eigenvalue weighted by Crippen LogP contribution is 2.27. The SMILES string of the molecule is COc1cccc(OCCCSc2nc(-c3ccccc3Cl)nc3cc(=O)[nH]n23)c1. The molecule has 0 fully saturated rings. The van der Waals surface area contributed by atoms with Crippen LogP contribution in [0.2, 0.25) is 5.02 Å². The molecule has 0 radical (unpaired) electrons. The number of aromatic amines is 1. The van der Waals surface area contributed by atoms with Crippen LogP contribution < -0.4 is 15.0 Å². The zero-order valence-corrected chi connectivity index (χ0v) is 17.7. The van der Waals surface area contributed by atoms with E-state index in [-0.39, 0.29) is 5.56 Å². The van der Waals surface area contributed by atoms with Crippen LogP contribution in [0.15, 0.2) is 64.5 Å². The highest BCUT2D eigenvalue weighted by Gasteiger charge is 2.13. The van der Waals surface area contributed by atoms with Gasteiger partial charge in [-0.05, 0) is 30.7 Å². The number of nitrogens with one attached hydrogen (secondary N) is 1. The van der Waals surface area contributed by atoms with E-state index in [1.165, 1.54) is 17.8 Å². The Hall–Kier alpha value is -2.97. The van der Waals surface area contributed by atoms with Crippen molar-refractivity contribution in [3.8, 4) is 22.9 Å². The van der Waals surface area contributed by atoms with Gasteiger partial charge in [-0.15, -0.1) is 0 Å². The minimum atomic E-state index is -0.233. The van der Waals surface area contributed by atoms with Gasteiger partial charge in [-0.1, -0.05) is 41.6 Å². The standard InChI is InChI=1S/C21H19ClN4O3S/c1-28-14-6-4-7-15(12-14)29-10-5-11-30-21-24-20(16-8-2-3-9-17(16)22)23-18-13-19(27)25-26(18)21/h2-4,6-9,12-13H,5,10-11H2,1H3,(H,25,27). The molecule has 2 aromatic heterocycles. The molecule has 0 spiro atoms. The van der Waals surface area contributed by atoms with Crippen LogP contribution in [0.5, 0.6) is 11.5 Å². The molecule has 30 heavy (non-hydrogen) atoms. The quantitative estimate of drug-likeness (QED) is 0.323. The molecule has 4 aromatic rings. The average molecular weight is 443 g/mol. The van der Waals surface area contributed by atoms with E-state index in [4.69, 9.17) is 21.1 Å². The molecule has 4 rings (SSSR count). The second kappa shape index (κ2) is 9.23. The topological polar surface area (TPSA) is 81.5 Å². The van der Waals surface area contributed by atoms with E-state index >= 15 is 0 Å². The van der Waals surface area contributed by atoms with Crippen LogP contribution >= 0.6 is 23.4 Å². The summed E-state index contributed by atoms with van der Waals surface area (Å²) < 4.78 is 12.6. The Morgan fingerprint density at radius 1 is 1.10 bits per heavy atom. The highest BCUT2D eigenvalue weighted by molar-refractivity contribution is 7.99. The molecule has 0 aliphatic heterocycles. The number of hydrogen-bond acceptors (Lipinski definition) is 6. The largest absolute Gasteiger partial charge is 0.497 e. The molecule has 9 heteroatoms. The number of methoxy groups -OCH3 is 1. The first-order valence-corrected chi connectivity index (χ1v) is 10.6. The Balaban J connectivity index is 1.46. The molecule has 0 aliphatic rings. The number of thioether (sulfide) groups is 1. The summed E-state index contributed by atoms with van der Waals surface area (Å²) in [6.07, 6.45) is 0.792. The summed E-state index contributed by atoms with van der Waals surface area (Å²) in [5.41, 5.74) is 0.988. The van der Waals surface area contributed by atoms with Crippen molar-refractivity contribution in [3.63, 3.8) is 0 Å². The monoisotopic (exact) mass is 442 g/mol. The lowest BCUT2D eigenvalue weighted by molar-refractivity contribution is 0.316. The molecule has 7 nitrogen and oxygen atoms in total. The molecule has 0 atom stereocenters. The third kappa shape index (κ3) is 4.60. The minimum Gasteiger partial charge on any atom is -0.497 e. The molecule has 0 aliphatic carbocycles. The van der Waals surface area contributed by atoms with E-state index in [0.29, 0.717) is 28.3 Å². The van der Waals surface area contributed by atoms with Gasteiger partial charge in [0.15, 0.2) is 16.6 Å². The third-order valence-corrected chi connectivity index (χ3v) is 5.62. The molecule has 2 aromatic carbocycles. The van der Waals surface area contributed by atoms with Crippen LogP contribution in [-0.4, -0.2) is 39.1 Å². The van der Waals surface area contributed by atoms with E-state index in [9.17, 15) is 4.79 Å². The maximum absolute atomic E-state index is 11.8. The molecule has 0 saturated carbocycles. The predicted molar refractivity (Wildman–Crippen MR) is 118 cm³/mol. The number of aromatic nitrogens is 4. The number of fused-ring (bicyclic) bond motifs is 1. The van der Waals surface area contributed by atoms with Crippen LogP contribution in [0.3, 0.4) is 0 Å². The molecule has 0 saturated heterocycles. The predicted octanol–water partition coefficient (Wildman–Crippen LogP) is 4.31. The van der Waals surface area contributed by atoms with E-state index in [1.807, 2.05) is 42.5 Å². The average Bonchev–Trinajstić information content (AvgIpc) is 3.14. The normalized spacial score (nSPS) is 11.0. The van der Waals surface area contributed by atoms with Crippen molar-refractivity contribution in [1.82, 2.24) is 19.6 Å². The molecule has 0 bridgehead atoms. The molecular weight excluding hydrogens is 424 g/mol. The van der Waals surface area contributed by atoms with Gasteiger partial charge in [0.2, 0.25) is 0 Å². The molecular formula is C21H19ClN4O3S. The van der Waals surface area contributed by atoms with Gasteiger partial charge in [0.05, 0.1) is 18.7 Å². The van der Waals surface area contributed by atoms with E-state index < -0.39 is 0 Å². The third-order valence-electron chi connectivity index (χ3n) is 4.27. The van der Waals surface area contributed by atoms with Gasteiger partial charge in [-0.3, -0.25) is 9.89 Å². The zero-order valence-electron chi connectivity index (χ0n) is 16.2. The summed E-state index contributed by atoms with van der Waals surface area (Å²) in [6.45, 7) is 0.550. The van der Waals surface area contributed by atoms with Crippen LogP contribution in [0.1, 0.15) is 6.42 Å². The second-order valence-corrected chi connectivity index (χ2v) is 7.82. The van der Waals surface area contributed by atoms with Crippen LogP contribution in [0.25, 0.3) is 17.0 Å². The van der Waals surface area contributed by atoms with Crippen LogP contribution in [0.4, 0.5) is 0 Å². The molecule has 0 amide bonds.